The molecule has 4 nitrogen and oxygen atoms in total. The zero-order valence-electron chi connectivity index (χ0n) is 12.3. The summed E-state index contributed by atoms with van der Waals surface area (Å²) < 4.78 is 0. The molecule has 2 rings (SSSR count). The molecule has 0 spiro atoms. The number of carbonyl (C=O) groups excluding carboxylic acids is 1. The van der Waals surface area contributed by atoms with Crippen molar-refractivity contribution in [1.82, 2.24) is 15.3 Å². The molecule has 0 aromatic carbocycles. The second-order valence-electron chi connectivity index (χ2n) is 5.84. The molecule has 1 aliphatic carbocycles. The highest BCUT2D eigenvalue weighted by Crippen LogP contribution is 2.29. The van der Waals surface area contributed by atoms with Crippen molar-refractivity contribution in [1.29, 1.82) is 0 Å². The Balaban J connectivity index is 1.64. The molecule has 0 saturated heterocycles. The van der Waals surface area contributed by atoms with Crippen molar-refractivity contribution in [2.24, 2.45) is 11.8 Å². The van der Waals surface area contributed by atoms with Crippen LogP contribution in [0.25, 0.3) is 0 Å². The molecule has 1 saturated carbocycles. The minimum atomic E-state index is 0.111. The van der Waals surface area contributed by atoms with E-state index in [9.17, 15) is 4.79 Å². The first kappa shape index (κ1) is 14.9. The standard InChI is InChI=1S/C16H25N3O/c1-13(14-6-3-2-4-7-14)12-19-16(20)9-8-15-17-10-5-11-18-15/h5,10-11,13-14H,2-4,6-9,12H2,1H3,(H,19,20). The number of nitrogens with one attached hydrogen (secondary N) is 1. The van der Waals surface area contributed by atoms with Gasteiger partial charge in [-0.15, -0.1) is 0 Å². The predicted molar refractivity (Wildman–Crippen MR) is 79.1 cm³/mol. The Labute approximate surface area is 121 Å². The van der Waals surface area contributed by atoms with E-state index >= 15 is 0 Å². The Morgan fingerprint density at radius 2 is 2.00 bits per heavy atom. The van der Waals surface area contributed by atoms with Crippen molar-refractivity contribution in [2.45, 2.75) is 51.9 Å². The maximum Gasteiger partial charge on any atom is 0.220 e. The molecule has 20 heavy (non-hydrogen) atoms. The topological polar surface area (TPSA) is 54.9 Å². The van der Waals surface area contributed by atoms with Gasteiger partial charge in [0.2, 0.25) is 5.91 Å². The molecule has 1 unspecified atom stereocenters. The number of amides is 1. The van der Waals surface area contributed by atoms with Gasteiger partial charge in [-0.2, -0.15) is 0 Å². The largest absolute Gasteiger partial charge is 0.356 e. The van der Waals surface area contributed by atoms with Gasteiger partial charge in [0.25, 0.3) is 0 Å². The highest BCUT2D eigenvalue weighted by molar-refractivity contribution is 5.76. The molecule has 110 valence electrons. The SMILES string of the molecule is CC(CNC(=O)CCc1ncccn1)C1CCCCC1. The lowest BCUT2D eigenvalue weighted by molar-refractivity contribution is -0.121. The van der Waals surface area contributed by atoms with Crippen LogP contribution in [-0.2, 0) is 11.2 Å². The summed E-state index contributed by atoms with van der Waals surface area (Å²) in [7, 11) is 0. The van der Waals surface area contributed by atoms with E-state index in [1.54, 1.807) is 18.5 Å². The molecule has 1 aromatic rings. The first-order chi connectivity index (χ1) is 9.75. The van der Waals surface area contributed by atoms with Gasteiger partial charge < -0.3 is 5.32 Å². The van der Waals surface area contributed by atoms with E-state index in [1.165, 1.54) is 32.1 Å². The van der Waals surface area contributed by atoms with Gasteiger partial charge in [-0.1, -0.05) is 39.0 Å². The molecule has 1 amide bonds. The van der Waals surface area contributed by atoms with Gasteiger partial charge in [0.1, 0.15) is 5.82 Å². The monoisotopic (exact) mass is 275 g/mol. The Morgan fingerprint density at radius 3 is 2.70 bits per heavy atom. The minimum absolute atomic E-state index is 0.111. The maximum absolute atomic E-state index is 11.8. The highest BCUT2D eigenvalue weighted by atomic mass is 16.1. The highest BCUT2D eigenvalue weighted by Gasteiger charge is 2.20. The predicted octanol–water partition coefficient (Wildman–Crippen LogP) is 2.74. The van der Waals surface area contributed by atoms with Gasteiger partial charge in [-0.3, -0.25) is 4.79 Å². The third-order valence-corrected chi connectivity index (χ3v) is 4.27. The molecular weight excluding hydrogens is 250 g/mol. The molecule has 1 fully saturated rings. The summed E-state index contributed by atoms with van der Waals surface area (Å²) in [4.78, 5) is 20.1. The second kappa shape index (κ2) is 7.98. The van der Waals surface area contributed by atoms with Gasteiger partial charge in [0.05, 0.1) is 0 Å². The fourth-order valence-electron chi connectivity index (χ4n) is 2.92. The molecule has 0 bridgehead atoms. The van der Waals surface area contributed by atoms with Crippen molar-refractivity contribution in [3.63, 3.8) is 0 Å². The van der Waals surface area contributed by atoms with Crippen LogP contribution in [-0.4, -0.2) is 22.4 Å². The molecule has 1 atom stereocenters. The Kier molecular flexibility index (Phi) is 5.96. The van der Waals surface area contributed by atoms with Crippen LogP contribution in [0.2, 0.25) is 0 Å². The summed E-state index contributed by atoms with van der Waals surface area (Å²) >= 11 is 0. The number of hydrogen-bond donors (Lipinski definition) is 1. The third-order valence-electron chi connectivity index (χ3n) is 4.27. The molecule has 1 N–H and O–H groups in total. The average molecular weight is 275 g/mol. The van der Waals surface area contributed by atoms with Crippen LogP contribution in [0.5, 0.6) is 0 Å². The molecule has 0 radical (unpaired) electrons. The lowest BCUT2D eigenvalue weighted by Gasteiger charge is -2.27. The number of nitrogens with zero attached hydrogens (tertiary/aromatic N) is 2. The summed E-state index contributed by atoms with van der Waals surface area (Å²) in [6.45, 7) is 3.07. The number of carbonyl (C=O) groups is 1. The molecule has 4 heteroatoms. The van der Waals surface area contributed by atoms with E-state index in [1.807, 2.05) is 0 Å². The molecule has 0 aliphatic heterocycles. The lowest BCUT2D eigenvalue weighted by atomic mass is 9.81. The average Bonchev–Trinajstić information content (AvgIpc) is 2.52. The number of rotatable bonds is 6. The number of aromatic nitrogens is 2. The quantitative estimate of drug-likeness (QED) is 0.868. The molecule has 1 aliphatic rings. The van der Waals surface area contributed by atoms with E-state index in [4.69, 9.17) is 0 Å². The molecular formula is C16H25N3O. The maximum atomic E-state index is 11.8. The smallest absolute Gasteiger partial charge is 0.220 e. The summed E-state index contributed by atoms with van der Waals surface area (Å²) in [5.41, 5.74) is 0. The van der Waals surface area contributed by atoms with Crippen molar-refractivity contribution in [3.05, 3.63) is 24.3 Å². The van der Waals surface area contributed by atoms with Crippen LogP contribution in [0, 0.1) is 11.8 Å². The van der Waals surface area contributed by atoms with Crippen LogP contribution in [0.15, 0.2) is 18.5 Å². The van der Waals surface area contributed by atoms with Crippen molar-refractivity contribution in [3.8, 4) is 0 Å². The van der Waals surface area contributed by atoms with E-state index < -0.39 is 0 Å². The van der Waals surface area contributed by atoms with Gasteiger partial charge in [0.15, 0.2) is 0 Å². The van der Waals surface area contributed by atoms with Crippen molar-refractivity contribution >= 4 is 5.91 Å². The molecule has 1 aromatic heterocycles. The van der Waals surface area contributed by atoms with E-state index in [2.05, 4.69) is 22.2 Å². The van der Waals surface area contributed by atoms with Gasteiger partial charge >= 0.3 is 0 Å². The first-order valence-corrected chi connectivity index (χ1v) is 7.78. The minimum Gasteiger partial charge on any atom is -0.356 e. The number of aryl methyl sites for hydroxylation is 1. The zero-order valence-corrected chi connectivity index (χ0v) is 12.3. The third kappa shape index (κ3) is 4.91. The Morgan fingerprint density at radius 1 is 1.30 bits per heavy atom. The zero-order chi connectivity index (χ0) is 14.2. The van der Waals surface area contributed by atoms with Crippen molar-refractivity contribution < 1.29 is 4.79 Å². The fraction of sp³-hybridized carbons (Fsp3) is 0.688. The van der Waals surface area contributed by atoms with Gasteiger partial charge in [-0.25, -0.2) is 9.97 Å². The summed E-state index contributed by atoms with van der Waals surface area (Å²) in [5, 5.41) is 3.06. The van der Waals surface area contributed by atoms with E-state index in [0.717, 1.165) is 18.3 Å². The van der Waals surface area contributed by atoms with E-state index in [0.29, 0.717) is 18.8 Å². The van der Waals surface area contributed by atoms with Crippen LogP contribution < -0.4 is 5.32 Å². The normalized spacial score (nSPS) is 17.6. The first-order valence-electron chi connectivity index (χ1n) is 7.78. The summed E-state index contributed by atoms with van der Waals surface area (Å²) in [6, 6.07) is 1.79. The van der Waals surface area contributed by atoms with Crippen LogP contribution in [0.3, 0.4) is 0 Å². The van der Waals surface area contributed by atoms with Crippen LogP contribution in [0.1, 0.15) is 51.3 Å². The fourth-order valence-corrected chi connectivity index (χ4v) is 2.92. The molecule has 1 heterocycles. The summed E-state index contributed by atoms with van der Waals surface area (Å²) in [6.07, 6.45) is 11.3. The summed E-state index contributed by atoms with van der Waals surface area (Å²) in [5.74, 6) is 2.23. The van der Waals surface area contributed by atoms with Gasteiger partial charge in [0, 0.05) is 31.8 Å². The second-order valence-corrected chi connectivity index (χ2v) is 5.84. The van der Waals surface area contributed by atoms with Crippen LogP contribution in [0.4, 0.5) is 0 Å². The Bertz CT molecular complexity index is 401. The number of hydrogen-bond acceptors (Lipinski definition) is 3. The lowest BCUT2D eigenvalue weighted by Crippen LogP contribution is -2.32. The van der Waals surface area contributed by atoms with Gasteiger partial charge in [-0.05, 0) is 17.9 Å². The van der Waals surface area contributed by atoms with Crippen molar-refractivity contribution in [2.75, 3.05) is 6.54 Å². The van der Waals surface area contributed by atoms with Crippen LogP contribution >= 0.6 is 0 Å². The Hall–Kier alpha value is -1.45. The van der Waals surface area contributed by atoms with E-state index in [-0.39, 0.29) is 5.91 Å².